The summed E-state index contributed by atoms with van der Waals surface area (Å²) in [6, 6.07) is 5.30. The number of nitrogens with two attached hydrogens (primary N) is 1. The molecule has 0 heterocycles. The van der Waals surface area contributed by atoms with E-state index in [9.17, 15) is 9.59 Å². The Morgan fingerprint density at radius 3 is 2.10 bits per heavy atom. The molecule has 0 aliphatic heterocycles. The van der Waals surface area contributed by atoms with Crippen LogP contribution >= 0.6 is 15.9 Å². The van der Waals surface area contributed by atoms with Crippen molar-refractivity contribution in [1.29, 1.82) is 0 Å². The van der Waals surface area contributed by atoms with Gasteiger partial charge in [0.15, 0.2) is 5.57 Å². The molecule has 0 saturated heterocycles. The van der Waals surface area contributed by atoms with Gasteiger partial charge in [0, 0.05) is 4.47 Å². The molecular formula is C15H18BrNO4. The molecule has 6 heteroatoms. The number of carbonyl (C=O) groups excluding carboxylic acids is 2. The van der Waals surface area contributed by atoms with Gasteiger partial charge in [0.25, 0.3) is 0 Å². The van der Waals surface area contributed by atoms with Crippen LogP contribution in [-0.4, -0.2) is 25.2 Å². The van der Waals surface area contributed by atoms with Crippen LogP contribution in [0, 0.1) is 6.92 Å². The van der Waals surface area contributed by atoms with Gasteiger partial charge in [-0.3, -0.25) is 0 Å². The third kappa shape index (κ3) is 4.32. The number of esters is 2. The lowest BCUT2D eigenvalue weighted by Gasteiger charge is -2.11. The molecule has 5 nitrogen and oxygen atoms in total. The zero-order valence-corrected chi connectivity index (χ0v) is 13.8. The molecule has 0 atom stereocenters. The molecule has 0 bridgehead atoms. The van der Waals surface area contributed by atoms with E-state index in [1.807, 2.05) is 13.0 Å². The van der Waals surface area contributed by atoms with Crippen molar-refractivity contribution in [2.24, 2.45) is 5.73 Å². The SMILES string of the molecule is CCOC(=O)C(C(=O)OCC)=C(N)c1ccc(C)c(Br)c1. The third-order valence-electron chi connectivity index (χ3n) is 2.71. The molecule has 1 aromatic carbocycles. The molecule has 0 saturated carbocycles. The zero-order chi connectivity index (χ0) is 16.0. The van der Waals surface area contributed by atoms with Crippen molar-refractivity contribution in [2.75, 3.05) is 13.2 Å². The summed E-state index contributed by atoms with van der Waals surface area (Å²) in [7, 11) is 0. The quantitative estimate of drug-likeness (QED) is 0.380. The topological polar surface area (TPSA) is 78.6 Å². The van der Waals surface area contributed by atoms with Crippen molar-refractivity contribution in [2.45, 2.75) is 20.8 Å². The van der Waals surface area contributed by atoms with Gasteiger partial charge in [0.2, 0.25) is 0 Å². The molecule has 0 aliphatic rings. The predicted octanol–water partition coefficient (Wildman–Crippen LogP) is 2.55. The predicted molar refractivity (Wildman–Crippen MR) is 83.3 cm³/mol. The first kappa shape index (κ1) is 17.2. The number of aryl methyl sites for hydroxylation is 1. The molecule has 0 fully saturated rings. The van der Waals surface area contributed by atoms with Crippen LogP contribution in [0.5, 0.6) is 0 Å². The van der Waals surface area contributed by atoms with Crippen LogP contribution in [-0.2, 0) is 19.1 Å². The van der Waals surface area contributed by atoms with Crippen molar-refractivity contribution < 1.29 is 19.1 Å². The summed E-state index contributed by atoms with van der Waals surface area (Å²) in [4.78, 5) is 23.9. The summed E-state index contributed by atoms with van der Waals surface area (Å²) in [5, 5.41) is 0. The van der Waals surface area contributed by atoms with E-state index in [2.05, 4.69) is 15.9 Å². The maximum atomic E-state index is 12.0. The van der Waals surface area contributed by atoms with Crippen LogP contribution in [0.3, 0.4) is 0 Å². The Morgan fingerprint density at radius 2 is 1.67 bits per heavy atom. The average molecular weight is 356 g/mol. The minimum absolute atomic E-state index is 0.0348. The van der Waals surface area contributed by atoms with E-state index in [-0.39, 0.29) is 24.5 Å². The molecule has 114 valence electrons. The second kappa shape index (κ2) is 7.83. The van der Waals surface area contributed by atoms with E-state index >= 15 is 0 Å². The number of halogens is 1. The molecular weight excluding hydrogens is 338 g/mol. The Labute approximate surface area is 132 Å². The van der Waals surface area contributed by atoms with Gasteiger partial charge in [-0.15, -0.1) is 0 Å². The molecule has 21 heavy (non-hydrogen) atoms. The molecule has 0 amide bonds. The summed E-state index contributed by atoms with van der Waals surface area (Å²) < 4.78 is 10.6. The molecule has 0 radical (unpaired) electrons. The normalized spacial score (nSPS) is 9.90. The summed E-state index contributed by atoms with van der Waals surface area (Å²) in [5.74, 6) is -1.57. The minimum atomic E-state index is -0.787. The van der Waals surface area contributed by atoms with Crippen molar-refractivity contribution in [3.05, 3.63) is 39.4 Å². The monoisotopic (exact) mass is 355 g/mol. The smallest absolute Gasteiger partial charge is 0.347 e. The second-order valence-corrected chi connectivity index (χ2v) is 5.05. The van der Waals surface area contributed by atoms with Gasteiger partial charge < -0.3 is 15.2 Å². The molecule has 0 aromatic heterocycles. The van der Waals surface area contributed by atoms with Gasteiger partial charge in [0.1, 0.15) is 0 Å². The Bertz CT molecular complexity index is 561. The van der Waals surface area contributed by atoms with Crippen LogP contribution in [0.15, 0.2) is 28.2 Å². The van der Waals surface area contributed by atoms with Crippen molar-refractivity contribution in [3.8, 4) is 0 Å². The summed E-state index contributed by atoms with van der Waals surface area (Å²) in [6.45, 7) is 5.52. The summed E-state index contributed by atoms with van der Waals surface area (Å²) in [6.07, 6.45) is 0. The van der Waals surface area contributed by atoms with Gasteiger partial charge in [-0.05, 0) is 38.0 Å². The fourth-order valence-electron chi connectivity index (χ4n) is 1.61. The van der Waals surface area contributed by atoms with Gasteiger partial charge >= 0.3 is 11.9 Å². The maximum absolute atomic E-state index is 12.0. The highest BCUT2D eigenvalue weighted by atomic mass is 79.9. The van der Waals surface area contributed by atoms with E-state index in [4.69, 9.17) is 15.2 Å². The highest BCUT2D eigenvalue weighted by molar-refractivity contribution is 9.10. The molecule has 0 spiro atoms. The van der Waals surface area contributed by atoms with E-state index < -0.39 is 11.9 Å². The van der Waals surface area contributed by atoms with Gasteiger partial charge in [-0.1, -0.05) is 28.1 Å². The Hall–Kier alpha value is -1.82. The maximum Gasteiger partial charge on any atom is 0.347 e. The zero-order valence-electron chi connectivity index (χ0n) is 12.2. The third-order valence-corrected chi connectivity index (χ3v) is 3.57. The van der Waals surface area contributed by atoms with Crippen LogP contribution in [0.25, 0.3) is 5.70 Å². The van der Waals surface area contributed by atoms with E-state index in [0.29, 0.717) is 5.56 Å². The van der Waals surface area contributed by atoms with E-state index in [1.165, 1.54) is 0 Å². The van der Waals surface area contributed by atoms with Crippen LogP contribution < -0.4 is 5.73 Å². The molecule has 2 N–H and O–H groups in total. The largest absolute Gasteiger partial charge is 0.462 e. The number of carbonyl (C=O) groups is 2. The van der Waals surface area contributed by atoms with Crippen molar-refractivity contribution in [3.63, 3.8) is 0 Å². The number of hydrogen-bond donors (Lipinski definition) is 1. The molecule has 0 unspecified atom stereocenters. The van der Waals surface area contributed by atoms with E-state index in [0.717, 1.165) is 10.0 Å². The van der Waals surface area contributed by atoms with E-state index in [1.54, 1.807) is 26.0 Å². The first-order chi connectivity index (χ1) is 9.92. The minimum Gasteiger partial charge on any atom is -0.462 e. The number of benzene rings is 1. The molecule has 0 aliphatic carbocycles. The van der Waals surface area contributed by atoms with Crippen LogP contribution in [0.4, 0.5) is 0 Å². The lowest BCUT2D eigenvalue weighted by Crippen LogP contribution is -2.22. The fourth-order valence-corrected chi connectivity index (χ4v) is 1.99. The Morgan fingerprint density at radius 1 is 1.14 bits per heavy atom. The highest BCUT2D eigenvalue weighted by Gasteiger charge is 2.25. The van der Waals surface area contributed by atoms with Crippen molar-refractivity contribution in [1.82, 2.24) is 0 Å². The second-order valence-electron chi connectivity index (χ2n) is 4.19. The fraction of sp³-hybridized carbons (Fsp3) is 0.333. The average Bonchev–Trinajstić information content (AvgIpc) is 2.42. The highest BCUT2D eigenvalue weighted by Crippen LogP contribution is 2.23. The van der Waals surface area contributed by atoms with Gasteiger partial charge in [-0.25, -0.2) is 9.59 Å². The summed E-state index contributed by atoms with van der Waals surface area (Å²) >= 11 is 3.39. The lowest BCUT2D eigenvalue weighted by molar-refractivity contribution is -0.146. The lowest BCUT2D eigenvalue weighted by atomic mass is 10.1. The number of ether oxygens (including phenoxy) is 2. The van der Waals surface area contributed by atoms with Crippen molar-refractivity contribution >= 4 is 33.6 Å². The number of rotatable bonds is 5. The number of hydrogen-bond acceptors (Lipinski definition) is 5. The van der Waals surface area contributed by atoms with Gasteiger partial charge in [0.05, 0.1) is 18.9 Å². The standard InChI is InChI=1S/C15H18BrNO4/c1-4-20-14(18)12(15(19)21-5-2)13(17)10-7-6-9(3)11(16)8-10/h6-8H,4-5,17H2,1-3H3. The molecule has 1 aromatic rings. The Kier molecular flexibility index (Phi) is 6.42. The van der Waals surface area contributed by atoms with Crippen LogP contribution in [0.2, 0.25) is 0 Å². The molecule has 1 rings (SSSR count). The Balaban J connectivity index is 3.33. The first-order valence-corrected chi connectivity index (χ1v) is 7.32. The van der Waals surface area contributed by atoms with Crippen LogP contribution in [0.1, 0.15) is 25.0 Å². The summed E-state index contributed by atoms with van der Waals surface area (Å²) in [5.41, 5.74) is 7.29. The van der Waals surface area contributed by atoms with Gasteiger partial charge in [-0.2, -0.15) is 0 Å². The first-order valence-electron chi connectivity index (χ1n) is 6.52.